The number of thioether (sulfide) groups is 1. The molecule has 2 aliphatic rings. The fourth-order valence-electron chi connectivity index (χ4n) is 3.35. The maximum absolute atomic E-state index is 12.7. The van der Waals surface area contributed by atoms with Gasteiger partial charge in [0, 0.05) is 29.4 Å². The van der Waals surface area contributed by atoms with Gasteiger partial charge in [-0.15, -0.1) is 0 Å². The lowest BCUT2D eigenvalue weighted by Gasteiger charge is -2.16. The van der Waals surface area contributed by atoms with E-state index in [2.05, 4.69) is 15.7 Å². The van der Waals surface area contributed by atoms with E-state index >= 15 is 0 Å². The van der Waals surface area contributed by atoms with Crippen molar-refractivity contribution in [3.05, 3.63) is 17.5 Å². The fraction of sp³-hybridized carbons (Fsp3) is 0.688. The van der Waals surface area contributed by atoms with E-state index in [4.69, 9.17) is 4.74 Å². The quantitative estimate of drug-likeness (QED) is 0.350. The summed E-state index contributed by atoms with van der Waals surface area (Å²) in [6.45, 7) is -0.110. The monoisotopic (exact) mass is 406 g/mol. The van der Waals surface area contributed by atoms with Gasteiger partial charge < -0.3 is 15.4 Å². The van der Waals surface area contributed by atoms with Crippen LogP contribution in [0.5, 0.6) is 0 Å². The first-order valence-corrected chi connectivity index (χ1v) is 9.83. The first-order chi connectivity index (χ1) is 12.8. The molecule has 3 rings (SSSR count). The second-order valence-corrected chi connectivity index (χ2v) is 7.88. The van der Waals surface area contributed by atoms with Gasteiger partial charge in [0.25, 0.3) is 0 Å². The largest absolute Gasteiger partial charge is 0.465 e. The Morgan fingerprint density at radius 2 is 2.15 bits per heavy atom. The molecule has 1 aromatic heterocycles. The van der Waals surface area contributed by atoms with Gasteiger partial charge in [0.05, 0.1) is 24.9 Å². The second-order valence-electron chi connectivity index (χ2n) is 6.61. The van der Waals surface area contributed by atoms with E-state index in [9.17, 15) is 22.8 Å². The first-order valence-electron chi connectivity index (χ1n) is 8.78. The Bertz CT molecular complexity index is 682. The molecule has 2 aliphatic heterocycles. The van der Waals surface area contributed by atoms with Crippen LogP contribution in [-0.4, -0.2) is 51.9 Å². The lowest BCUT2D eigenvalue weighted by Crippen LogP contribution is -2.36. The molecule has 3 atom stereocenters. The third kappa shape index (κ3) is 5.08. The molecular weight excluding hydrogens is 385 g/mol. The van der Waals surface area contributed by atoms with Crippen LogP contribution in [0.25, 0.3) is 0 Å². The number of esters is 1. The Balaban J connectivity index is 1.29. The number of urea groups is 1. The van der Waals surface area contributed by atoms with Gasteiger partial charge >= 0.3 is 18.2 Å². The number of H-pyrrole nitrogens is 1. The topological polar surface area (TPSA) is 96.1 Å². The van der Waals surface area contributed by atoms with Gasteiger partial charge in [0.1, 0.15) is 5.69 Å². The molecule has 27 heavy (non-hydrogen) atoms. The number of fused-ring (bicyclic) bond motifs is 1. The maximum Gasteiger partial charge on any atom is 0.433 e. The molecule has 0 radical (unpaired) electrons. The van der Waals surface area contributed by atoms with Gasteiger partial charge in [0.15, 0.2) is 0 Å². The van der Waals surface area contributed by atoms with E-state index in [0.29, 0.717) is 11.7 Å². The zero-order chi connectivity index (χ0) is 19.4. The number of aromatic nitrogens is 2. The molecule has 2 saturated heterocycles. The number of aromatic amines is 1. The summed E-state index contributed by atoms with van der Waals surface area (Å²) in [6.07, 6.45) is -0.842. The van der Waals surface area contributed by atoms with Crippen LogP contribution in [0.2, 0.25) is 0 Å². The SMILES string of the molecule is O=C1N[C@H]2[C@H](CCCCC(=O)OCCc3cn[nH]c3C(F)(F)F)SC[C@H]2N1. The highest BCUT2D eigenvalue weighted by Gasteiger charge is 2.42. The number of hydrogen-bond donors (Lipinski definition) is 3. The van der Waals surface area contributed by atoms with Crippen molar-refractivity contribution < 1.29 is 27.5 Å². The molecule has 1 aromatic rings. The molecule has 0 spiro atoms. The summed E-state index contributed by atoms with van der Waals surface area (Å²) in [6, 6.07) is 0.208. The average Bonchev–Trinajstić information content (AvgIpc) is 3.27. The summed E-state index contributed by atoms with van der Waals surface area (Å²) in [5.74, 6) is 0.476. The minimum absolute atomic E-state index is 0.0182. The summed E-state index contributed by atoms with van der Waals surface area (Å²) >= 11 is 1.82. The second kappa shape index (κ2) is 8.41. The molecule has 7 nitrogen and oxygen atoms in total. The van der Waals surface area contributed by atoms with E-state index in [1.807, 2.05) is 16.9 Å². The number of halogens is 3. The Morgan fingerprint density at radius 3 is 2.93 bits per heavy atom. The third-order valence-corrected chi connectivity index (χ3v) is 6.20. The Kier molecular flexibility index (Phi) is 6.18. The number of unbranched alkanes of at least 4 members (excludes halogenated alkanes) is 1. The van der Waals surface area contributed by atoms with Crippen molar-refractivity contribution in [2.75, 3.05) is 12.4 Å². The lowest BCUT2D eigenvalue weighted by atomic mass is 10.0. The molecule has 3 N–H and O–H groups in total. The zero-order valence-corrected chi connectivity index (χ0v) is 15.3. The number of ether oxygens (including phenoxy) is 1. The van der Waals surface area contributed by atoms with Crippen molar-refractivity contribution in [1.29, 1.82) is 0 Å². The number of carbonyl (C=O) groups is 2. The van der Waals surface area contributed by atoms with Gasteiger partial charge in [-0.3, -0.25) is 9.89 Å². The van der Waals surface area contributed by atoms with E-state index in [1.165, 1.54) is 0 Å². The van der Waals surface area contributed by atoms with Crippen LogP contribution < -0.4 is 10.6 Å². The summed E-state index contributed by atoms with van der Waals surface area (Å²) in [5.41, 5.74) is -0.922. The molecule has 2 amide bonds. The molecule has 2 fully saturated rings. The first kappa shape index (κ1) is 19.8. The normalized spacial score (nSPS) is 24.4. The maximum atomic E-state index is 12.7. The zero-order valence-electron chi connectivity index (χ0n) is 14.5. The average molecular weight is 406 g/mol. The Hall–Kier alpha value is -1.91. The van der Waals surface area contributed by atoms with Crippen LogP contribution in [0.4, 0.5) is 18.0 Å². The predicted molar refractivity (Wildman–Crippen MR) is 92.2 cm³/mol. The van der Waals surface area contributed by atoms with Gasteiger partial charge in [-0.2, -0.15) is 30.0 Å². The Labute approximate surface area is 158 Å². The van der Waals surface area contributed by atoms with E-state index in [1.54, 1.807) is 0 Å². The van der Waals surface area contributed by atoms with Crippen molar-refractivity contribution in [2.24, 2.45) is 0 Å². The molecule has 0 unspecified atom stereocenters. The number of alkyl halides is 3. The van der Waals surface area contributed by atoms with Gasteiger partial charge in [-0.1, -0.05) is 6.42 Å². The summed E-state index contributed by atoms with van der Waals surface area (Å²) < 4.78 is 43.1. The van der Waals surface area contributed by atoms with Gasteiger partial charge in [-0.05, 0) is 12.8 Å². The van der Waals surface area contributed by atoms with E-state index in [0.717, 1.165) is 24.8 Å². The van der Waals surface area contributed by atoms with E-state index < -0.39 is 17.8 Å². The highest BCUT2D eigenvalue weighted by atomic mass is 32.2. The number of nitrogens with one attached hydrogen (secondary N) is 3. The summed E-state index contributed by atoms with van der Waals surface area (Å²) in [4.78, 5) is 23.1. The molecule has 0 bridgehead atoms. The van der Waals surface area contributed by atoms with Crippen molar-refractivity contribution in [3.63, 3.8) is 0 Å². The van der Waals surface area contributed by atoms with Crippen LogP contribution in [0.1, 0.15) is 36.9 Å². The van der Waals surface area contributed by atoms with Crippen LogP contribution in [0.15, 0.2) is 6.20 Å². The molecule has 0 aromatic carbocycles. The van der Waals surface area contributed by atoms with Crippen molar-refractivity contribution >= 4 is 23.8 Å². The smallest absolute Gasteiger partial charge is 0.433 e. The standard InChI is InChI=1S/C16H21F3N4O3S/c17-16(18,19)14-9(7-20-23-14)5-6-26-12(24)4-2-1-3-11-13-10(8-27-11)21-15(25)22-13/h7,10-11,13H,1-6,8H2,(H,20,23)(H2,21,22,25)/t10-,11+,13-/m1/s1. The fourth-order valence-corrected chi connectivity index (χ4v) is 4.89. The summed E-state index contributed by atoms with van der Waals surface area (Å²) in [5, 5.41) is 11.5. The molecular formula is C16H21F3N4O3S. The van der Waals surface area contributed by atoms with Crippen molar-refractivity contribution in [3.8, 4) is 0 Å². The number of amides is 2. The van der Waals surface area contributed by atoms with E-state index in [-0.39, 0.29) is 43.1 Å². The van der Waals surface area contributed by atoms with Gasteiger partial charge in [-0.25, -0.2) is 4.79 Å². The highest BCUT2D eigenvalue weighted by molar-refractivity contribution is 8.00. The number of nitrogens with zero attached hydrogens (tertiary/aromatic N) is 1. The summed E-state index contributed by atoms with van der Waals surface area (Å²) in [7, 11) is 0. The van der Waals surface area contributed by atoms with Crippen molar-refractivity contribution in [1.82, 2.24) is 20.8 Å². The predicted octanol–water partition coefficient (Wildman–Crippen LogP) is 2.24. The van der Waals surface area contributed by atoms with Crippen LogP contribution in [0.3, 0.4) is 0 Å². The minimum Gasteiger partial charge on any atom is -0.465 e. The Morgan fingerprint density at radius 1 is 1.33 bits per heavy atom. The highest BCUT2D eigenvalue weighted by Crippen LogP contribution is 2.33. The third-order valence-electron chi connectivity index (χ3n) is 4.69. The number of rotatable bonds is 8. The van der Waals surface area contributed by atoms with Gasteiger partial charge in [0.2, 0.25) is 0 Å². The van der Waals surface area contributed by atoms with Crippen LogP contribution in [-0.2, 0) is 22.1 Å². The molecule has 11 heteroatoms. The lowest BCUT2D eigenvalue weighted by molar-refractivity contribution is -0.143. The van der Waals surface area contributed by atoms with Crippen LogP contribution >= 0.6 is 11.8 Å². The van der Waals surface area contributed by atoms with Crippen LogP contribution in [0, 0.1) is 0 Å². The minimum atomic E-state index is -4.50. The molecule has 0 saturated carbocycles. The molecule has 3 heterocycles. The number of hydrogen-bond acceptors (Lipinski definition) is 5. The number of carbonyl (C=O) groups excluding carboxylic acids is 2. The van der Waals surface area contributed by atoms with Crippen molar-refractivity contribution in [2.45, 2.75) is 55.6 Å². The molecule has 150 valence electrons. The molecule has 0 aliphatic carbocycles.